The molecule has 0 heterocycles. The first-order valence-electron chi connectivity index (χ1n) is 40.0. The zero-order chi connectivity index (χ0) is 74.2. The number of hydrogen-bond donors (Lipinski definition) is 0. The second kappa shape index (κ2) is 54.1. The lowest BCUT2D eigenvalue weighted by molar-refractivity contribution is 0.0566. The van der Waals surface area contributed by atoms with Crippen LogP contribution in [0, 0.1) is 94.7 Å². The maximum absolute atomic E-state index is 5.53. The molecule has 0 unspecified atom stereocenters. The van der Waals surface area contributed by atoms with E-state index in [1.54, 1.807) is 39.9 Å². The lowest BCUT2D eigenvalue weighted by Crippen LogP contribution is -2.35. The number of ether oxygens (including phenoxy) is 4. The van der Waals surface area contributed by atoms with Crippen molar-refractivity contribution in [1.82, 2.24) is 0 Å². The predicted octanol–water partition coefficient (Wildman–Crippen LogP) is 26.1. The van der Waals surface area contributed by atoms with Crippen molar-refractivity contribution in [3.8, 4) is 0 Å². The first-order chi connectivity index (χ1) is 48.6. The van der Waals surface area contributed by atoms with Crippen molar-refractivity contribution in [1.29, 1.82) is 0 Å². The van der Waals surface area contributed by atoms with Gasteiger partial charge < -0.3 is 18.9 Å². The van der Waals surface area contributed by atoms with Crippen LogP contribution in [0.3, 0.4) is 0 Å². The fourth-order valence-electron chi connectivity index (χ4n) is 14.3. The Labute approximate surface area is 622 Å². The van der Waals surface area contributed by atoms with Crippen molar-refractivity contribution in [2.24, 2.45) is 94.7 Å². The Balaban J connectivity index is 0.000000307. The van der Waals surface area contributed by atoms with Gasteiger partial charge in [-0.05, 0) is 192 Å². The van der Waals surface area contributed by atoms with Gasteiger partial charge >= 0.3 is 0 Å². The van der Waals surface area contributed by atoms with Crippen LogP contribution in [0.1, 0.15) is 208 Å². The zero-order valence-electron chi connectivity index (χ0n) is 67.9. The third-order valence-electron chi connectivity index (χ3n) is 21.4. The summed E-state index contributed by atoms with van der Waals surface area (Å²) in [6.45, 7) is 46.1. The van der Waals surface area contributed by atoms with Gasteiger partial charge in [-0.25, -0.2) is 0 Å². The van der Waals surface area contributed by atoms with Crippen LogP contribution in [0.25, 0.3) is 0 Å². The van der Waals surface area contributed by atoms with E-state index in [4.69, 9.17) is 18.9 Å². The summed E-state index contributed by atoms with van der Waals surface area (Å²) in [5.74, 6) is 13.1. The molecule has 0 spiro atoms. The molecule has 0 aromatic heterocycles. The Morgan fingerprint density at radius 2 is 0.485 bits per heavy atom. The Kier molecular flexibility index (Phi) is 48.0. The first-order valence-corrected chi connectivity index (χ1v) is 40.0. The third kappa shape index (κ3) is 38.6. The summed E-state index contributed by atoms with van der Waals surface area (Å²) in [4.78, 5) is 0. The third-order valence-corrected chi connectivity index (χ3v) is 21.4. The van der Waals surface area contributed by atoms with Crippen LogP contribution in [0.4, 0.5) is 0 Å². The van der Waals surface area contributed by atoms with Gasteiger partial charge in [-0.3, -0.25) is 0 Å². The first kappa shape index (κ1) is 89.6. The van der Waals surface area contributed by atoms with E-state index in [0.717, 1.165) is 107 Å². The molecular weight excluding hydrogens is 1230 g/mol. The highest BCUT2D eigenvalue weighted by atomic mass is 16.5. The summed E-state index contributed by atoms with van der Waals surface area (Å²) in [5.41, 5.74) is 10.0. The molecule has 7 aromatic carbocycles. The number of hydrogen-bond acceptors (Lipinski definition) is 4. The monoisotopic (exact) mass is 1380 g/mol. The van der Waals surface area contributed by atoms with Crippen molar-refractivity contribution < 1.29 is 18.9 Å². The van der Waals surface area contributed by atoms with Gasteiger partial charge in [0, 0.05) is 53.9 Å². The minimum absolute atomic E-state index is 0.627. The number of benzene rings is 7. The molecule has 9 rings (SSSR count). The van der Waals surface area contributed by atoms with E-state index in [1.165, 1.54) is 64.6 Å². The molecule has 560 valence electrons. The molecule has 4 atom stereocenters. The van der Waals surface area contributed by atoms with Gasteiger partial charge in [0.25, 0.3) is 0 Å². The topological polar surface area (TPSA) is 36.9 Å². The van der Waals surface area contributed by atoms with E-state index in [9.17, 15) is 0 Å². The maximum Gasteiger partial charge on any atom is 0.0499 e. The average molecular weight is 1380 g/mol. The summed E-state index contributed by atoms with van der Waals surface area (Å²) in [6.07, 6.45) is 16.0. The van der Waals surface area contributed by atoms with Gasteiger partial charge in [0.15, 0.2) is 0 Å². The van der Waals surface area contributed by atoms with Crippen LogP contribution in [0.2, 0.25) is 0 Å². The molecule has 4 heteroatoms. The van der Waals surface area contributed by atoms with E-state index in [-0.39, 0.29) is 0 Å². The van der Waals surface area contributed by atoms with Gasteiger partial charge in [0.05, 0.1) is 0 Å². The van der Waals surface area contributed by atoms with Crippen molar-refractivity contribution in [2.75, 3.05) is 53.9 Å². The van der Waals surface area contributed by atoms with Crippen molar-refractivity contribution >= 4 is 0 Å². The zero-order valence-corrected chi connectivity index (χ0v) is 67.9. The normalized spacial score (nSPS) is 14.1. The minimum Gasteiger partial charge on any atom is -0.384 e. The van der Waals surface area contributed by atoms with Crippen molar-refractivity contribution in [3.63, 3.8) is 0 Å². The fraction of sp³-hybridized carbons (Fsp3) is 0.567. The molecule has 2 fully saturated rings. The highest BCUT2D eigenvalue weighted by Crippen LogP contribution is 2.47. The number of methoxy groups -OCH3 is 2. The molecule has 2 saturated carbocycles. The summed E-state index contributed by atoms with van der Waals surface area (Å²) in [6, 6.07) is 75.1. The van der Waals surface area contributed by atoms with Crippen LogP contribution in [-0.2, 0) is 57.5 Å². The van der Waals surface area contributed by atoms with Crippen LogP contribution < -0.4 is 0 Å². The van der Waals surface area contributed by atoms with Crippen LogP contribution >= 0.6 is 0 Å². The molecule has 2 aliphatic rings. The second-order valence-electron chi connectivity index (χ2n) is 32.0. The van der Waals surface area contributed by atoms with Crippen LogP contribution in [0.15, 0.2) is 212 Å². The number of rotatable bonds is 33. The molecule has 2 aliphatic carbocycles. The lowest BCUT2D eigenvalue weighted by Gasteiger charge is -2.45. The average Bonchev–Trinajstić information content (AvgIpc) is 0.817. The summed E-state index contributed by atoms with van der Waals surface area (Å²) in [7, 11) is 3.56. The van der Waals surface area contributed by atoms with Gasteiger partial charge in [-0.1, -0.05) is 362 Å². The molecule has 0 bridgehead atoms. The molecule has 7 aromatic rings. The second-order valence-corrected chi connectivity index (χ2v) is 32.0. The van der Waals surface area contributed by atoms with E-state index < -0.39 is 0 Å². The van der Waals surface area contributed by atoms with Gasteiger partial charge in [-0.15, -0.1) is 0 Å². The molecule has 0 radical (unpaired) electrons. The maximum atomic E-state index is 5.53. The van der Waals surface area contributed by atoms with E-state index in [0.29, 0.717) is 59.2 Å². The molecule has 0 saturated heterocycles. The Morgan fingerprint density at radius 1 is 0.267 bits per heavy atom. The largest absolute Gasteiger partial charge is 0.384 e. The summed E-state index contributed by atoms with van der Waals surface area (Å²) in [5, 5.41) is 0. The minimum atomic E-state index is 0.627. The summed E-state index contributed by atoms with van der Waals surface area (Å²) >= 11 is 0. The van der Waals surface area contributed by atoms with Crippen molar-refractivity contribution in [2.45, 2.75) is 208 Å². The van der Waals surface area contributed by atoms with E-state index in [2.05, 4.69) is 337 Å². The molecule has 0 amide bonds. The molecule has 4 nitrogen and oxygen atoms in total. The van der Waals surface area contributed by atoms with Gasteiger partial charge in [0.2, 0.25) is 0 Å². The van der Waals surface area contributed by atoms with E-state index in [1.807, 2.05) is 0 Å². The molecular formula is C97H148O4. The SMILES string of the molecule is CC(C)C(C1CCC1)C1CCC1.CC(C)C(Cc1ccccc1)Cc1ccccc1.CC(C)C(c1ccccc1)C(C)C.CCOC[C@@H](Cc1ccccc1)C(C)C.CCOC[C@H](Cc1ccccc1)C(C)C.COC[C@@H](Cc1ccccc1)C(C)C.COC[C@H](Cc1ccccc1)C(C)C. The fourth-order valence-corrected chi connectivity index (χ4v) is 14.3. The standard InChI is InChI=1S/C18H22.2C14H22O.2C13H20O.C13H20.C12H22/c1-15(2)18(13-16-9-5-3-6-10-16)14-17-11-7-4-8-12-17;2*1-4-15-11-14(12(2)3)10-13-8-6-5-7-9-13;2*1-11(2)13(10-14-3)9-12-7-5-4-6-8-12;1-10(2)13(11(3)4)12-8-6-5-7-9-12;1-9(2)12(10-5-3-6-10)11-7-4-8-11/h3-12,15,18H,13-14H2,1-2H3;2*5-9,12,14H,4,10-11H2,1-3H3;2*4-8,11,13H,9-10H2,1-3H3;5-11,13H,1-4H3;9-12H,3-8H2,1-2H3/t;2*14-;2*13-;;/m.1010../s1. The van der Waals surface area contributed by atoms with E-state index >= 15 is 0 Å². The predicted molar refractivity (Wildman–Crippen MR) is 441 cm³/mol. The smallest absolute Gasteiger partial charge is 0.0499 e. The van der Waals surface area contributed by atoms with Gasteiger partial charge in [-0.2, -0.15) is 0 Å². The quantitative estimate of drug-likeness (QED) is 0.0411. The highest BCUT2D eigenvalue weighted by molar-refractivity contribution is 5.22. The lowest BCUT2D eigenvalue weighted by atomic mass is 9.61. The Bertz CT molecular complexity index is 2760. The molecule has 0 N–H and O–H groups in total. The van der Waals surface area contributed by atoms with Crippen LogP contribution in [-0.4, -0.2) is 53.9 Å². The molecule has 101 heavy (non-hydrogen) atoms. The molecule has 0 aliphatic heterocycles. The van der Waals surface area contributed by atoms with Crippen molar-refractivity contribution in [3.05, 3.63) is 251 Å². The Morgan fingerprint density at radius 3 is 0.663 bits per heavy atom. The highest BCUT2D eigenvalue weighted by Gasteiger charge is 2.37. The van der Waals surface area contributed by atoms with Gasteiger partial charge in [0.1, 0.15) is 0 Å². The Hall–Kier alpha value is -5.62. The summed E-state index contributed by atoms with van der Waals surface area (Å²) < 4.78 is 21.5. The van der Waals surface area contributed by atoms with Crippen LogP contribution in [0.5, 0.6) is 0 Å².